The van der Waals surface area contributed by atoms with Crippen LogP contribution in [0.5, 0.6) is 0 Å². The van der Waals surface area contributed by atoms with Crippen LogP contribution in [-0.2, 0) is 18.9 Å². The Hall–Kier alpha value is -5.93. The van der Waals surface area contributed by atoms with Gasteiger partial charge in [0, 0.05) is 12.1 Å². The minimum atomic E-state index is -1.23. The van der Waals surface area contributed by atoms with E-state index in [2.05, 4.69) is 33.9 Å². The maximum absolute atomic E-state index is 11.2. The number of hydrogen-bond acceptors (Lipinski definition) is 13. The van der Waals surface area contributed by atoms with Crippen LogP contribution in [-0.4, -0.2) is 89.4 Å². The second-order valence-corrected chi connectivity index (χ2v) is 8.05. The topological polar surface area (TPSA) is 238 Å². The molecule has 0 aliphatic heterocycles. The third-order valence-electron chi connectivity index (χ3n) is 4.82. The molecule has 0 fully saturated rings. The van der Waals surface area contributed by atoms with E-state index in [0.717, 1.165) is 17.7 Å². The molecule has 0 unspecified atom stereocenters. The second kappa shape index (κ2) is 16.4. The summed E-state index contributed by atoms with van der Waals surface area (Å²) < 4.78 is 17.8. The molecule has 0 bridgehead atoms. The molecule has 16 nitrogen and oxygen atoms in total. The number of rotatable bonds is 6. The molecule has 0 saturated carbocycles. The number of ether oxygens (including phenoxy) is 4. The number of carbonyl (C=O) groups excluding carboxylic acids is 4. The van der Waals surface area contributed by atoms with E-state index in [0.29, 0.717) is 5.56 Å². The molecule has 3 heterocycles. The third kappa shape index (κ3) is 10.9. The fraction of sp³-hybridized carbons (Fsp3) is 0.222. The summed E-state index contributed by atoms with van der Waals surface area (Å²) in [5, 5.41) is 17.1. The zero-order valence-electron chi connectivity index (χ0n) is 23.7. The van der Waals surface area contributed by atoms with Gasteiger partial charge in [0.15, 0.2) is 5.43 Å². The van der Waals surface area contributed by atoms with Gasteiger partial charge in [-0.3, -0.25) is 4.79 Å². The zero-order valence-corrected chi connectivity index (χ0v) is 23.7. The van der Waals surface area contributed by atoms with Crippen molar-refractivity contribution < 1.29 is 57.9 Å². The summed E-state index contributed by atoms with van der Waals surface area (Å²) in [5.74, 6) is -5.07. The molecule has 0 radical (unpaired) electrons. The highest BCUT2D eigenvalue weighted by Crippen LogP contribution is 2.08. The number of aromatic carboxylic acids is 2. The number of pyridine rings is 3. The van der Waals surface area contributed by atoms with E-state index in [1.165, 1.54) is 52.7 Å². The van der Waals surface area contributed by atoms with Gasteiger partial charge in [-0.2, -0.15) is 0 Å². The Kier molecular flexibility index (Phi) is 13.4. The highest BCUT2D eigenvalue weighted by molar-refractivity contribution is 5.92. The first-order valence-electron chi connectivity index (χ1n) is 11.7. The minimum Gasteiger partial charge on any atom is -0.477 e. The molecule has 0 atom stereocenters. The summed E-state index contributed by atoms with van der Waals surface area (Å²) >= 11 is 0. The molecule has 3 rings (SSSR count). The lowest BCUT2D eigenvalue weighted by molar-refractivity contribution is 0.0568. The van der Waals surface area contributed by atoms with E-state index in [1.807, 2.05) is 0 Å². The summed E-state index contributed by atoms with van der Waals surface area (Å²) in [4.78, 5) is 86.3. The number of aromatic amines is 1. The van der Waals surface area contributed by atoms with Gasteiger partial charge in [-0.25, -0.2) is 38.7 Å². The number of carbonyl (C=O) groups is 6. The van der Waals surface area contributed by atoms with Crippen LogP contribution in [0.2, 0.25) is 0 Å². The van der Waals surface area contributed by atoms with Crippen molar-refractivity contribution in [2.45, 2.75) is 13.8 Å². The van der Waals surface area contributed by atoms with Crippen LogP contribution < -0.4 is 5.43 Å². The SMILES string of the molecule is COC(=O)c1cc(=O)cc(C(=O)OC)[nH]1.COC(=O)c1cc(C)cc(C(=O)OC)n1.Cc1cc(C(=O)O)nc(C(=O)O)c1. The average molecular weight is 602 g/mol. The van der Waals surface area contributed by atoms with Crippen LogP contribution in [0.15, 0.2) is 41.2 Å². The van der Waals surface area contributed by atoms with Crippen LogP contribution in [0.25, 0.3) is 0 Å². The Morgan fingerprint density at radius 1 is 0.558 bits per heavy atom. The molecule has 0 aliphatic carbocycles. The van der Waals surface area contributed by atoms with Crippen molar-refractivity contribution in [3.63, 3.8) is 0 Å². The first-order valence-corrected chi connectivity index (χ1v) is 11.7. The summed E-state index contributed by atoms with van der Waals surface area (Å²) in [6.45, 7) is 3.36. The van der Waals surface area contributed by atoms with Crippen molar-refractivity contribution in [1.29, 1.82) is 0 Å². The highest BCUT2D eigenvalue weighted by Gasteiger charge is 2.15. The number of esters is 4. The number of carboxylic acid groups (broad SMARTS) is 2. The van der Waals surface area contributed by atoms with Gasteiger partial charge in [0.25, 0.3) is 0 Å². The number of carboxylic acids is 2. The Bertz CT molecular complexity index is 1490. The third-order valence-corrected chi connectivity index (χ3v) is 4.82. The molecule has 0 aromatic carbocycles. The van der Waals surface area contributed by atoms with Gasteiger partial charge in [-0.05, 0) is 49.2 Å². The maximum Gasteiger partial charge on any atom is 0.356 e. The van der Waals surface area contributed by atoms with Gasteiger partial charge in [-0.15, -0.1) is 0 Å². The fourth-order valence-corrected chi connectivity index (χ4v) is 2.96. The predicted octanol–water partition coefficient (Wildman–Crippen LogP) is 1.70. The molecule has 0 amide bonds. The van der Waals surface area contributed by atoms with Gasteiger partial charge in [-0.1, -0.05) is 0 Å². The Labute approximate surface area is 243 Å². The molecule has 16 heteroatoms. The maximum atomic E-state index is 11.2. The Morgan fingerprint density at radius 2 is 0.860 bits per heavy atom. The van der Waals surface area contributed by atoms with Crippen molar-refractivity contribution in [3.8, 4) is 0 Å². The van der Waals surface area contributed by atoms with Crippen LogP contribution >= 0.6 is 0 Å². The normalized spacial score (nSPS) is 9.53. The summed E-state index contributed by atoms with van der Waals surface area (Å²) in [5.41, 5.74) is 0.326. The first-order chi connectivity index (χ1) is 20.2. The standard InChI is InChI=1S/C10H11NO4.C9H9NO5.C8H7NO4/c1-6-4-7(9(12)14-2)11-8(5-6)10(13)15-3;1-14-8(12)6-3-5(11)4-7(10-6)9(13)15-2;1-4-2-5(7(10)11)9-6(3-4)8(12)13/h4-5H,1-3H3;3-4H,1-2H3,(H,10,11);2-3H,1H3,(H,10,11)(H,12,13). The lowest BCUT2D eigenvalue weighted by Crippen LogP contribution is -2.16. The lowest BCUT2D eigenvalue weighted by atomic mass is 10.2. The molecule has 0 saturated heterocycles. The molecular weight excluding hydrogens is 574 g/mol. The lowest BCUT2D eigenvalue weighted by Gasteiger charge is -2.03. The van der Waals surface area contributed by atoms with E-state index in [9.17, 15) is 33.6 Å². The molecule has 228 valence electrons. The molecule has 3 aromatic rings. The second-order valence-electron chi connectivity index (χ2n) is 8.05. The molecule has 0 aliphatic rings. The summed E-state index contributed by atoms with van der Waals surface area (Å²) in [7, 11) is 4.85. The predicted molar refractivity (Wildman–Crippen MR) is 144 cm³/mol. The number of nitrogens with one attached hydrogen (secondary N) is 1. The number of hydrogen-bond donors (Lipinski definition) is 3. The van der Waals surface area contributed by atoms with Gasteiger partial charge in [0.1, 0.15) is 34.2 Å². The number of H-pyrrole nitrogens is 1. The van der Waals surface area contributed by atoms with Gasteiger partial charge >= 0.3 is 35.8 Å². The van der Waals surface area contributed by atoms with Crippen molar-refractivity contribution >= 4 is 35.8 Å². The average Bonchev–Trinajstić information content (AvgIpc) is 2.98. The Balaban J connectivity index is 0.000000324. The zero-order chi connectivity index (χ0) is 32.9. The smallest absolute Gasteiger partial charge is 0.356 e. The van der Waals surface area contributed by atoms with Gasteiger partial charge in [0.2, 0.25) is 0 Å². The van der Waals surface area contributed by atoms with Crippen LogP contribution in [0, 0.1) is 13.8 Å². The molecule has 43 heavy (non-hydrogen) atoms. The minimum absolute atomic E-state index is 0.0922. The van der Waals surface area contributed by atoms with E-state index in [1.54, 1.807) is 13.8 Å². The van der Waals surface area contributed by atoms with Crippen LogP contribution in [0.1, 0.15) is 74.1 Å². The van der Waals surface area contributed by atoms with E-state index in [-0.39, 0.29) is 34.2 Å². The van der Waals surface area contributed by atoms with Crippen molar-refractivity contribution in [3.05, 3.63) is 91.9 Å². The monoisotopic (exact) mass is 601 g/mol. The first kappa shape index (κ1) is 35.1. The molecule has 0 spiro atoms. The highest BCUT2D eigenvalue weighted by atomic mass is 16.5. The van der Waals surface area contributed by atoms with Crippen LogP contribution in [0.3, 0.4) is 0 Å². The van der Waals surface area contributed by atoms with Crippen molar-refractivity contribution in [2.24, 2.45) is 0 Å². The Morgan fingerprint density at radius 3 is 1.16 bits per heavy atom. The summed E-state index contributed by atoms with van der Waals surface area (Å²) in [6.07, 6.45) is 0. The molecule has 3 N–H and O–H groups in total. The summed E-state index contributed by atoms with van der Waals surface area (Å²) in [6, 6.07) is 7.79. The largest absolute Gasteiger partial charge is 0.477 e. The van der Waals surface area contributed by atoms with E-state index in [4.69, 9.17) is 10.2 Å². The number of aryl methyl sites for hydroxylation is 2. The number of nitrogens with zero attached hydrogens (tertiary/aromatic N) is 2. The van der Waals surface area contributed by atoms with Gasteiger partial charge < -0.3 is 34.1 Å². The van der Waals surface area contributed by atoms with E-state index < -0.39 is 41.2 Å². The quantitative estimate of drug-likeness (QED) is 0.269. The van der Waals surface area contributed by atoms with E-state index >= 15 is 0 Å². The van der Waals surface area contributed by atoms with Crippen molar-refractivity contribution in [1.82, 2.24) is 15.0 Å². The fourth-order valence-electron chi connectivity index (χ4n) is 2.96. The van der Waals surface area contributed by atoms with Gasteiger partial charge in [0.05, 0.1) is 28.4 Å². The molecular formula is C27H27N3O13. The van der Waals surface area contributed by atoms with Crippen molar-refractivity contribution in [2.75, 3.05) is 28.4 Å². The van der Waals surface area contributed by atoms with Crippen LogP contribution in [0.4, 0.5) is 0 Å². The number of aromatic nitrogens is 3. The number of methoxy groups -OCH3 is 4. The molecule has 3 aromatic heterocycles.